The summed E-state index contributed by atoms with van der Waals surface area (Å²) >= 11 is 0. The Morgan fingerprint density at radius 1 is 1.17 bits per heavy atom. The van der Waals surface area contributed by atoms with Crippen molar-refractivity contribution in [1.82, 2.24) is 0 Å². The molecule has 7 heteroatoms. The van der Waals surface area contributed by atoms with Crippen molar-refractivity contribution in [2.75, 3.05) is 16.4 Å². The zero-order valence-corrected chi connectivity index (χ0v) is 14.8. The number of phenolic OH excluding ortho intramolecular Hbond substituents is 1. The number of aromatic hydroxyl groups is 1. The number of aryl methyl sites for hydroxylation is 2. The number of carbonyl (C=O) groups is 1. The summed E-state index contributed by atoms with van der Waals surface area (Å²) in [7, 11) is -0.0408. The molecule has 0 radical (unpaired) electrons. The van der Waals surface area contributed by atoms with E-state index in [1.54, 1.807) is 6.07 Å². The Labute approximate surface area is 145 Å². The van der Waals surface area contributed by atoms with Gasteiger partial charge in [-0.3, -0.25) is 0 Å². The summed E-state index contributed by atoms with van der Waals surface area (Å²) in [5, 5.41) is 15.9. The van der Waals surface area contributed by atoms with Gasteiger partial charge in [0.25, 0.3) is 0 Å². The van der Waals surface area contributed by atoms with Crippen LogP contribution < -0.4 is 10.6 Å². The number of amides is 2. The third-order valence-corrected chi connectivity index (χ3v) is 7.08. The molecule has 1 atom stereocenters. The number of hydrogen-bond donors (Lipinski definition) is 3. The summed E-state index contributed by atoms with van der Waals surface area (Å²) < 4.78 is 11.3. The van der Waals surface area contributed by atoms with Gasteiger partial charge in [0.1, 0.15) is 10.2 Å². The number of rotatable bonds is 2. The Morgan fingerprint density at radius 3 is 2.62 bits per heavy atom. The van der Waals surface area contributed by atoms with Gasteiger partial charge in [-0.2, -0.15) is 0 Å². The molecule has 0 saturated carbocycles. The molecule has 0 saturated heterocycles. The van der Waals surface area contributed by atoms with Crippen LogP contribution in [0, 0.1) is 6.92 Å². The molecule has 3 rings (SSSR count). The van der Waals surface area contributed by atoms with E-state index in [0.717, 1.165) is 29.7 Å². The summed E-state index contributed by atoms with van der Waals surface area (Å²) in [6.45, 7) is 1.97. The number of phenols is 1. The van der Waals surface area contributed by atoms with Crippen LogP contribution in [0.4, 0.5) is 16.2 Å². The summed E-state index contributed by atoms with van der Waals surface area (Å²) in [4.78, 5) is 12.8. The van der Waals surface area contributed by atoms with E-state index in [1.807, 2.05) is 37.3 Å². The van der Waals surface area contributed by atoms with Crippen LogP contribution in [-0.2, 0) is 26.1 Å². The molecular weight excluding hydrogens is 344 g/mol. The van der Waals surface area contributed by atoms with E-state index in [-0.39, 0.29) is 5.75 Å². The molecule has 1 aliphatic rings. The fourth-order valence-corrected chi connectivity index (χ4v) is 5.50. The number of carbonyl (C=O) groups excluding carboxylic acids is 1. The van der Waals surface area contributed by atoms with Gasteiger partial charge in [-0.05, 0) is 43.5 Å². The van der Waals surface area contributed by atoms with E-state index in [2.05, 4.69) is 10.6 Å². The van der Waals surface area contributed by atoms with Crippen LogP contribution in [-0.4, -0.2) is 21.1 Å². The second-order valence-electron chi connectivity index (χ2n) is 5.62. The lowest BCUT2D eigenvalue weighted by atomic mass is 10.1. The van der Waals surface area contributed by atoms with Gasteiger partial charge in [-0.15, -0.1) is 0 Å². The third-order valence-electron chi connectivity index (χ3n) is 3.86. The zero-order chi connectivity index (χ0) is 17.1. The number of urea groups is 1. The number of anilines is 2. The predicted molar refractivity (Wildman–Crippen MR) is 98.9 cm³/mol. The lowest BCUT2D eigenvalue weighted by molar-refractivity contribution is 0.262. The van der Waals surface area contributed by atoms with E-state index >= 15 is 0 Å². The molecule has 0 aromatic heterocycles. The molecule has 1 heterocycles. The van der Waals surface area contributed by atoms with Crippen molar-refractivity contribution < 1.29 is 14.1 Å². The van der Waals surface area contributed by atoms with Crippen LogP contribution in [0.25, 0.3) is 0 Å². The summed E-state index contributed by atoms with van der Waals surface area (Å²) in [6.07, 6.45) is 1.80. The highest BCUT2D eigenvalue weighted by Gasteiger charge is 2.21. The summed E-state index contributed by atoms with van der Waals surface area (Å²) in [5.41, 5.74) is 3.10. The van der Waals surface area contributed by atoms with Crippen LogP contribution in [0.1, 0.15) is 17.5 Å². The van der Waals surface area contributed by atoms with Gasteiger partial charge in [0.2, 0.25) is 0 Å². The van der Waals surface area contributed by atoms with E-state index in [9.17, 15) is 14.1 Å². The van der Waals surface area contributed by atoms with Gasteiger partial charge in [-0.1, -0.05) is 33.2 Å². The van der Waals surface area contributed by atoms with Crippen LogP contribution in [0.15, 0.2) is 41.3 Å². The monoisotopic (exact) mass is 362 g/mol. The molecule has 5 nitrogen and oxygen atoms in total. The van der Waals surface area contributed by atoms with Gasteiger partial charge in [0.05, 0.1) is 10.6 Å². The minimum Gasteiger partial charge on any atom is -0.505 e. The highest BCUT2D eigenvalue weighted by molar-refractivity contribution is 8.31. The SMILES string of the molecule is Cc1ccc(NC(=O)Nc2ccc3c(c2O)S(=S=O)CCC3)cc1. The summed E-state index contributed by atoms with van der Waals surface area (Å²) in [6, 6.07) is 10.6. The predicted octanol–water partition coefficient (Wildman–Crippen LogP) is 3.40. The molecule has 3 N–H and O–H groups in total. The Hall–Kier alpha value is -2.12. The molecule has 2 aromatic rings. The minimum absolute atomic E-state index is 0.0120. The number of nitrogens with one attached hydrogen (secondary N) is 2. The fourth-order valence-electron chi connectivity index (χ4n) is 2.65. The Balaban J connectivity index is 1.81. The molecule has 2 aromatic carbocycles. The number of benzene rings is 2. The van der Waals surface area contributed by atoms with E-state index in [0.29, 0.717) is 26.5 Å². The van der Waals surface area contributed by atoms with Gasteiger partial charge >= 0.3 is 6.03 Å². The van der Waals surface area contributed by atoms with Crippen molar-refractivity contribution in [3.8, 4) is 5.75 Å². The minimum atomic E-state index is -0.564. The van der Waals surface area contributed by atoms with Crippen LogP contribution in [0.2, 0.25) is 0 Å². The average molecular weight is 362 g/mol. The van der Waals surface area contributed by atoms with E-state index in [4.69, 9.17) is 0 Å². The van der Waals surface area contributed by atoms with Crippen LogP contribution in [0.5, 0.6) is 5.75 Å². The van der Waals surface area contributed by atoms with Crippen LogP contribution in [0.3, 0.4) is 0 Å². The normalized spacial score (nSPS) is 16.1. The molecule has 0 aliphatic carbocycles. The molecular formula is C17H18N2O3S2. The molecule has 2 amide bonds. The Morgan fingerprint density at radius 2 is 1.92 bits per heavy atom. The summed E-state index contributed by atoms with van der Waals surface area (Å²) in [5.74, 6) is 0.784. The molecule has 126 valence electrons. The standard InChI is InChI=1S/C17H18N2O3S2/c1-11-4-7-13(8-5-11)18-17(21)19-14-9-6-12-3-2-10-24(23-22)16(12)15(14)20/h4-9,20H,2-3,10H2,1H3,(H2,18,19,21). The molecule has 0 spiro atoms. The van der Waals surface area contributed by atoms with Crippen molar-refractivity contribution in [3.05, 3.63) is 47.5 Å². The first kappa shape index (κ1) is 16.7. The second kappa shape index (κ2) is 7.19. The van der Waals surface area contributed by atoms with E-state index < -0.39 is 15.5 Å². The van der Waals surface area contributed by atoms with E-state index in [1.165, 1.54) is 0 Å². The van der Waals surface area contributed by atoms with Crippen molar-refractivity contribution in [2.24, 2.45) is 0 Å². The molecule has 0 fully saturated rings. The van der Waals surface area contributed by atoms with Crippen molar-refractivity contribution in [1.29, 1.82) is 0 Å². The maximum atomic E-state index is 12.1. The smallest absolute Gasteiger partial charge is 0.323 e. The maximum Gasteiger partial charge on any atom is 0.323 e. The molecule has 24 heavy (non-hydrogen) atoms. The van der Waals surface area contributed by atoms with Gasteiger partial charge in [-0.25, -0.2) is 9.00 Å². The molecule has 1 aliphatic heterocycles. The number of fused-ring (bicyclic) bond motifs is 1. The first-order chi connectivity index (χ1) is 11.6. The highest BCUT2D eigenvalue weighted by Crippen LogP contribution is 2.36. The largest absolute Gasteiger partial charge is 0.505 e. The molecule has 1 unspecified atom stereocenters. The topological polar surface area (TPSA) is 78.4 Å². The third kappa shape index (κ3) is 3.52. The molecule has 0 bridgehead atoms. The van der Waals surface area contributed by atoms with Gasteiger partial charge in [0, 0.05) is 11.4 Å². The van der Waals surface area contributed by atoms with Crippen molar-refractivity contribution in [2.45, 2.75) is 24.7 Å². The first-order valence-corrected chi connectivity index (χ1v) is 10.2. The average Bonchev–Trinajstić information content (AvgIpc) is 2.59. The van der Waals surface area contributed by atoms with Crippen LogP contribution >= 0.6 is 0 Å². The van der Waals surface area contributed by atoms with Gasteiger partial charge < -0.3 is 15.7 Å². The lowest BCUT2D eigenvalue weighted by Gasteiger charge is -2.20. The Bertz CT molecular complexity index is 844. The van der Waals surface area contributed by atoms with Crippen molar-refractivity contribution in [3.63, 3.8) is 0 Å². The zero-order valence-electron chi connectivity index (χ0n) is 13.2. The van der Waals surface area contributed by atoms with Crippen molar-refractivity contribution >= 4 is 37.1 Å². The lowest BCUT2D eigenvalue weighted by Crippen LogP contribution is -2.20. The quantitative estimate of drug-likeness (QED) is 0.717. The van der Waals surface area contributed by atoms with Gasteiger partial charge in [0.15, 0.2) is 5.75 Å². The fraction of sp³-hybridized carbons (Fsp3) is 0.235. The second-order valence-corrected chi connectivity index (χ2v) is 8.88. The first-order valence-electron chi connectivity index (χ1n) is 7.59. The maximum absolute atomic E-state index is 12.1. The highest BCUT2D eigenvalue weighted by atomic mass is 32.8. The number of hydrogen-bond acceptors (Lipinski definition) is 3. The Kier molecular flexibility index (Phi) is 5.01.